The van der Waals surface area contributed by atoms with Crippen LogP contribution in [0.25, 0.3) is 0 Å². The molecule has 0 aliphatic heterocycles. The van der Waals surface area contributed by atoms with E-state index in [0.29, 0.717) is 11.2 Å². The van der Waals surface area contributed by atoms with Gasteiger partial charge in [-0.3, -0.25) is 4.59 Å². The monoisotopic (exact) mass is 320 g/mol. The van der Waals surface area contributed by atoms with Crippen molar-refractivity contribution in [2.75, 3.05) is 27.2 Å². The molecule has 0 aromatic heterocycles. The molecule has 2 aromatic carbocycles. The van der Waals surface area contributed by atoms with Crippen molar-refractivity contribution in [1.82, 2.24) is 0 Å². The smallest absolute Gasteiger partial charge is 0.119 e. The lowest BCUT2D eigenvalue weighted by molar-refractivity contribution is -0.902. The summed E-state index contributed by atoms with van der Waals surface area (Å²) in [5.74, 6) is 5.98. The molecule has 0 radical (unpaired) electrons. The highest BCUT2D eigenvalue weighted by molar-refractivity contribution is 5.31. The summed E-state index contributed by atoms with van der Waals surface area (Å²) in [6, 6.07) is 18.8. The lowest BCUT2D eigenvalue weighted by Crippen LogP contribution is -3.00. The molecule has 0 saturated heterocycles. The van der Waals surface area contributed by atoms with E-state index in [1.165, 1.54) is 16.7 Å². The highest BCUT2D eigenvalue weighted by atomic mass is 35.5. The number of hydrogen-bond acceptors (Lipinski definition) is 2. The van der Waals surface area contributed by atoms with Crippen LogP contribution in [-0.4, -0.2) is 31.8 Å². The Bertz CT molecular complexity index is 550. The van der Waals surface area contributed by atoms with Crippen molar-refractivity contribution in [1.29, 1.82) is 0 Å². The Morgan fingerprint density at radius 1 is 0.955 bits per heavy atom. The minimum atomic E-state index is -0.0432. The van der Waals surface area contributed by atoms with Gasteiger partial charge in [-0.15, -0.1) is 0 Å². The van der Waals surface area contributed by atoms with Gasteiger partial charge in [-0.25, -0.2) is 0 Å². The van der Waals surface area contributed by atoms with Crippen LogP contribution in [0.5, 0.6) is 0 Å². The molecule has 2 aromatic rings. The van der Waals surface area contributed by atoms with Crippen LogP contribution in [0.3, 0.4) is 0 Å². The van der Waals surface area contributed by atoms with Gasteiger partial charge >= 0.3 is 0 Å². The molecule has 3 nitrogen and oxygen atoms in total. The fraction of sp³-hybridized carbons (Fsp3) is 0.333. The summed E-state index contributed by atoms with van der Waals surface area (Å²) >= 11 is 0. The summed E-state index contributed by atoms with van der Waals surface area (Å²) in [5.41, 5.74) is 3.60. The number of aryl methyl sites for hydroxylation is 1. The Morgan fingerprint density at radius 3 is 2.05 bits per heavy atom. The molecule has 0 saturated carbocycles. The fourth-order valence-corrected chi connectivity index (χ4v) is 2.16. The van der Waals surface area contributed by atoms with Crippen molar-refractivity contribution in [3.8, 4) is 0 Å². The van der Waals surface area contributed by atoms with Gasteiger partial charge in [-0.2, -0.15) is 5.84 Å². The zero-order chi connectivity index (χ0) is 15.3. The normalized spacial score (nSPS) is 12.5. The highest BCUT2D eigenvalue weighted by Crippen LogP contribution is 2.26. The number of ether oxygens (including phenoxy) is 1. The van der Waals surface area contributed by atoms with Crippen molar-refractivity contribution >= 4 is 0 Å². The molecule has 0 aliphatic carbocycles. The number of benzene rings is 2. The second kappa shape index (κ2) is 8.30. The number of quaternary nitrogens is 1. The van der Waals surface area contributed by atoms with Gasteiger partial charge in [0, 0.05) is 0 Å². The third-order valence-corrected chi connectivity index (χ3v) is 3.43. The lowest BCUT2D eigenvalue weighted by atomic mass is 10.0. The van der Waals surface area contributed by atoms with E-state index in [-0.39, 0.29) is 18.5 Å². The van der Waals surface area contributed by atoms with Gasteiger partial charge in [0.05, 0.1) is 20.7 Å². The number of rotatable bonds is 6. The molecule has 0 amide bonds. The van der Waals surface area contributed by atoms with E-state index in [9.17, 15) is 0 Å². The first-order chi connectivity index (χ1) is 9.96. The zero-order valence-electron chi connectivity index (χ0n) is 13.5. The Labute approximate surface area is 139 Å². The molecule has 2 N–H and O–H groups in total. The molecular weight excluding hydrogens is 296 g/mol. The van der Waals surface area contributed by atoms with Crippen LogP contribution in [0.2, 0.25) is 0 Å². The van der Waals surface area contributed by atoms with Crippen LogP contribution in [0, 0.1) is 6.92 Å². The maximum Gasteiger partial charge on any atom is 0.119 e. The van der Waals surface area contributed by atoms with Crippen LogP contribution in [-0.2, 0) is 4.74 Å². The average molecular weight is 321 g/mol. The van der Waals surface area contributed by atoms with E-state index < -0.39 is 0 Å². The topological polar surface area (TPSA) is 35.2 Å². The maximum atomic E-state index is 6.13. The minimum absolute atomic E-state index is 0. The Morgan fingerprint density at radius 2 is 1.50 bits per heavy atom. The fourth-order valence-electron chi connectivity index (χ4n) is 2.16. The molecule has 2 rings (SSSR count). The average Bonchev–Trinajstić information content (AvgIpc) is 2.45. The Hall–Kier alpha value is -1.39. The quantitative estimate of drug-likeness (QED) is 0.464. The third-order valence-electron chi connectivity index (χ3n) is 3.43. The second-order valence-electron chi connectivity index (χ2n) is 6.07. The summed E-state index contributed by atoms with van der Waals surface area (Å²) in [5, 5.41) is 0. The molecule has 4 heteroatoms. The van der Waals surface area contributed by atoms with E-state index in [4.69, 9.17) is 10.6 Å². The third kappa shape index (κ3) is 5.78. The summed E-state index contributed by atoms with van der Waals surface area (Å²) in [6.07, 6.45) is -0.0432. The second-order valence-corrected chi connectivity index (χ2v) is 6.07. The van der Waals surface area contributed by atoms with Crippen LogP contribution < -0.4 is 18.2 Å². The molecule has 1 atom stereocenters. The molecule has 0 spiro atoms. The number of halogens is 1. The van der Waals surface area contributed by atoms with Crippen LogP contribution in [0.1, 0.15) is 22.8 Å². The van der Waals surface area contributed by atoms with Gasteiger partial charge in [0.15, 0.2) is 0 Å². The molecule has 0 fully saturated rings. The van der Waals surface area contributed by atoms with Gasteiger partial charge in [0.2, 0.25) is 0 Å². The summed E-state index contributed by atoms with van der Waals surface area (Å²) in [7, 11) is 3.93. The predicted octanol–water partition coefficient (Wildman–Crippen LogP) is 0.0551. The van der Waals surface area contributed by atoms with E-state index in [2.05, 4.69) is 43.3 Å². The van der Waals surface area contributed by atoms with E-state index >= 15 is 0 Å². The number of nitrogens with two attached hydrogens (primary N) is 1. The van der Waals surface area contributed by atoms with E-state index in [1.807, 2.05) is 32.3 Å². The minimum Gasteiger partial charge on any atom is -1.00 e. The molecular formula is C18H25ClN2O. The van der Waals surface area contributed by atoms with Gasteiger partial charge in [-0.05, 0) is 18.1 Å². The molecule has 0 bridgehead atoms. The zero-order valence-corrected chi connectivity index (χ0v) is 14.3. The summed E-state index contributed by atoms with van der Waals surface area (Å²) in [6.45, 7) is 3.49. The van der Waals surface area contributed by atoms with Gasteiger partial charge in [0.25, 0.3) is 0 Å². The maximum absolute atomic E-state index is 6.13. The summed E-state index contributed by atoms with van der Waals surface area (Å²) in [4.78, 5) is 0. The predicted molar refractivity (Wildman–Crippen MR) is 86.6 cm³/mol. The first-order valence-electron chi connectivity index (χ1n) is 7.30. The van der Waals surface area contributed by atoms with Crippen LogP contribution in [0.15, 0.2) is 54.6 Å². The van der Waals surface area contributed by atoms with Crippen molar-refractivity contribution in [3.05, 3.63) is 71.3 Å². The van der Waals surface area contributed by atoms with E-state index in [0.717, 1.165) is 6.54 Å². The first kappa shape index (κ1) is 18.7. The SMILES string of the molecule is Cc1ccc(C(OCC[N+](C)(C)N)c2ccccc2)cc1.[Cl-]. The number of likely N-dealkylation sites (N-methyl/N-ethyl adjacent to an activating group) is 1. The standard InChI is InChI=1S/C18H25N2O.ClH/c1-15-9-11-17(12-10-15)18(16-7-5-4-6-8-16)21-14-13-20(2,3)19;/h4-12,18H,13-14,19H2,1-3H3;1H/q+1;/p-1. The van der Waals surface area contributed by atoms with Crippen molar-refractivity contribution in [3.63, 3.8) is 0 Å². The van der Waals surface area contributed by atoms with Crippen LogP contribution >= 0.6 is 0 Å². The van der Waals surface area contributed by atoms with Crippen molar-refractivity contribution < 1.29 is 21.7 Å². The Kier molecular flexibility index (Phi) is 7.04. The molecule has 22 heavy (non-hydrogen) atoms. The van der Waals surface area contributed by atoms with Gasteiger partial charge in [-0.1, -0.05) is 60.2 Å². The van der Waals surface area contributed by atoms with E-state index in [1.54, 1.807) is 0 Å². The van der Waals surface area contributed by atoms with Crippen molar-refractivity contribution in [2.45, 2.75) is 13.0 Å². The van der Waals surface area contributed by atoms with Crippen LogP contribution in [0.4, 0.5) is 0 Å². The summed E-state index contributed by atoms with van der Waals surface area (Å²) < 4.78 is 6.55. The number of hydrogen-bond donors (Lipinski definition) is 1. The molecule has 0 aliphatic rings. The number of nitrogens with zero attached hydrogens (tertiary/aromatic N) is 1. The first-order valence-corrected chi connectivity index (χ1v) is 7.30. The molecule has 1 unspecified atom stereocenters. The lowest BCUT2D eigenvalue weighted by Gasteiger charge is -2.24. The Balaban J connectivity index is 0.00000242. The van der Waals surface area contributed by atoms with Gasteiger partial charge in [0.1, 0.15) is 12.6 Å². The largest absolute Gasteiger partial charge is 1.00 e. The van der Waals surface area contributed by atoms with Gasteiger partial charge < -0.3 is 17.1 Å². The van der Waals surface area contributed by atoms with Crippen molar-refractivity contribution in [2.24, 2.45) is 5.84 Å². The molecule has 120 valence electrons. The highest BCUT2D eigenvalue weighted by Gasteiger charge is 2.16. The molecule has 0 heterocycles.